The van der Waals surface area contributed by atoms with E-state index in [0.29, 0.717) is 19.4 Å². The maximum atomic E-state index is 12.1. The molecule has 0 radical (unpaired) electrons. The van der Waals surface area contributed by atoms with Gasteiger partial charge in [0.1, 0.15) is 0 Å². The summed E-state index contributed by atoms with van der Waals surface area (Å²) >= 11 is 0. The molecule has 0 unspecified atom stereocenters. The molecule has 102 valence electrons. The van der Waals surface area contributed by atoms with Crippen LogP contribution in [0.3, 0.4) is 0 Å². The average molecular weight is 261 g/mol. The third-order valence-corrected chi connectivity index (χ3v) is 3.45. The Labute approximate surface area is 113 Å². The van der Waals surface area contributed by atoms with Gasteiger partial charge in [0.15, 0.2) is 0 Å². The number of rotatable bonds is 4. The number of pyridine rings is 1. The molecule has 1 aliphatic rings. The molecule has 1 N–H and O–H groups in total. The molecule has 5 nitrogen and oxygen atoms in total. The van der Waals surface area contributed by atoms with Gasteiger partial charge in [-0.1, -0.05) is 6.07 Å². The number of hydrogen-bond acceptors (Lipinski definition) is 3. The van der Waals surface area contributed by atoms with E-state index in [4.69, 9.17) is 0 Å². The summed E-state index contributed by atoms with van der Waals surface area (Å²) in [5.41, 5.74) is 0.794. The summed E-state index contributed by atoms with van der Waals surface area (Å²) in [4.78, 5) is 29.4. The van der Waals surface area contributed by atoms with Gasteiger partial charge >= 0.3 is 0 Å². The third-order valence-electron chi connectivity index (χ3n) is 3.45. The Kier molecular flexibility index (Phi) is 4.49. The summed E-state index contributed by atoms with van der Waals surface area (Å²) < 4.78 is 0. The van der Waals surface area contributed by atoms with Crippen molar-refractivity contribution in [3.63, 3.8) is 0 Å². The molecular weight excluding hydrogens is 242 g/mol. The van der Waals surface area contributed by atoms with Gasteiger partial charge in [-0.05, 0) is 24.5 Å². The van der Waals surface area contributed by atoms with Crippen LogP contribution in [0.2, 0.25) is 0 Å². The van der Waals surface area contributed by atoms with Crippen LogP contribution in [0.15, 0.2) is 24.4 Å². The van der Waals surface area contributed by atoms with E-state index in [1.54, 1.807) is 13.2 Å². The number of hydrogen-bond donors (Lipinski definition) is 1. The Bertz CT molecular complexity index is 447. The van der Waals surface area contributed by atoms with Crippen LogP contribution in [0.5, 0.6) is 0 Å². The zero-order valence-corrected chi connectivity index (χ0v) is 11.1. The van der Waals surface area contributed by atoms with Crippen molar-refractivity contribution < 1.29 is 9.59 Å². The van der Waals surface area contributed by atoms with E-state index < -0.39 is 0 Å². The van der Waals surface area contributed by atoms with Gasteiger partial charge in [0.05, 0.1) is 6.42 Å². The molecule has 2 heterocycles. The molecule has 2 rings (SSSR count). The quantitative estimate of drug-likeness (QED) is 0.863. The minimum Gasteiger partial charge on any atom is -0.359 e. The molecule has 0 spiro atoms. The number of nitrogens with zero attached hydrogens (tertiary/aromatic N) is 2. The molecule has 0 saturated carbocycles. The van der Waals surface area contributed by atoms with Gasteiger partial charge in [-0.2, -0.15) is 0 Å². The predicted octanol–water partition coefficient (Wildman–Crippen LogP) is 0.609. The molecule has 1 aromatic heterocycles. The molecule has 0 aliphatic carbocycles. The monoisotopic (exact) mass is 261 g/mol. The van der Waals surface area contributed by atoms with Crippen LogP contribution in [-0.2, 0) is 16.0 Å². The van der Waals surface area contributed by atoms with Crippen molar-refractivity contribution in [3.05, 3.63) is 30.1 Å². The first-order chi connectivity index (χ1) is 9.19. The second-order valence-corrected chi connectivity index (χ2v) is 4.87. The van der Waals surface area contributed by atoms with E-state index in [1.807, 2.05) is 23.1 Å². The van der Waals surface area contributed by atoms with E-state index in [2.05, 4.69) is 10.3 Å². The summed E-state index contributed by atoms with van der Waals surface area (Å²) in [5, 5.41) is 2.62. The molecule has 1 saturated heterocycles. The van der Waals surface area contributed by atoms with Crippen molar-refractivity contribution in [2.45, 2.75) is 19.3 Å². The number of aromatic nitrogens is 1. The Morgan fingerprint density at radius 2 is 2.32 bits per heavy atom. The first-order valence-corrected chi connectivity index (χ1v) is 6.57. The lowest BCUT2D eigenvalue weighted by Gasteiger charge is -2.16. The van der Waals surface area contributed by atoms with Crippen molar-refractivity contribution in [2.75, 3.05) is 20.1 Å². The number of likely N-dealkylation sites (tertiary alicyclic amines) is 1. The van der Waals surface area contributed by atoms with Gasteiger partial charge in [-0.15, -0.1) is 0 Å². The Morgan fingerprint density at radius 3 is 3.00 bits per heavy atom. The van der Waals surface area contributed by atoms with Crippen molar-refractivity contribution >= 4 is 11.8 Å². The van der Waals surface area contributed by atoms with E-state index in [9.17, 15) is 9.59 Å². The number of nitrogens with one attached hydrogen (secondary N) is 1. The van der Waals surface area contributed by atoms with Gasteiger partial charge in [-0.3, -0.25) is 14.6 Å². The molecule has 1 aliphatic heterocycles. The smallest absolute Gasteiger partial charge is 0.228 e. The van der Waals surface area contributed by atoms with Gasteiger partial charge in [0, 0.05) is 38.4 Å². The summed E-state index contributed by atoms with van der Waals surface area (Å²) in [6.07, 6.45) is 3.44. The molecule has 0 bridgehead atoms. The lowest BCUT2D eigenvalue weighted by Crippen LogP contribution is -2.31. The highest BCUT2D eigenvalue weighted by molar-refractivity contribution is 5.79. The van der Waals surface area contributed by atoms with Crippen LogP contribution < -0.4 is 5.32 Å². The third kappa shape index (κ3) is 3.77. The minimum atomic E-state index is 0.0454. The second-order valence-electron chi connectivity index (χ2n) is 4.87. The second kappa shape index (κ2) is 6.31. The molecule has 1 atom stereocenters. The first kappa shape index (κ1) is 13.5. The highest BCUT2D eigenvalue weighted by Crippen LogP contribution is 2.20. The van der Waals surface area contributed by atoms with Crippen LogP contribution in [0.25, 0.3) is 0 Å². The van der Waals surface area contributed by atoms with E-state index in [0.717, 1.165) is 18.7 Å². The lowest BCUT2D eigenvalue weighted by atomic mass is 10.0. The normalized spacial score (nSPS) is 18.4. The van der Waals surface area contributed by atoms with Crippen LogP contribution in [0.4, 0.5) is 0 Å². The average Bonchev–Trinajstić information content (AvgIpc) is 2.88. The van der Waals surface area contributed by atoms with Gasteiger partial charge in [0.2, 0.25) is 11.8 Å². The molecular formula is C14H19N3O2. The molecule has 19 heavy (non-hydrogen) atoms. The van der Waals surface area contributed by atoms with Crippen LogP contribution >= 0.6 is 0 Å². The Morgan fingerprint density at radius 1 is 1.47 bits per heavy atom. The fourth-order valence-electron chi connectivity index (χ4n) is 2.36. The predicted molar refractivity (Wildman–Crippen MR) is 71.3 cm³/mol. The van der Waals surface area contributed by atoms with E-state index in [1.165, 1.54) is 0 Å². The van der Waals surface area contributed by atoms with Crippen molar-refractivity contribution in [3.8, 4) is 0 Å². The van der Waals surface area contributed by atoms with Gasteiger partial charge < -0.3 is 10.2 Å². The number of amides is 2. The minimum absolute atomic E-state index is 0.0454. The molecule has 1 aromatic rings. The summed E-state index contributed by atoms with van der Waals surface area (Å²) in [6, 6.07) is 5.58. The zero-order valence-electron chi connectivity index (χ0n) is 11.1. The summed E-state index contributed by atoms with van der Waals surface area (Å²) in [5.74, 6) is 0.426. The summed E-state index contributed by atoms with van der Waals surface area (Å²) in [6.45, 7) is 1.42. The Hall–Kier alpha value is -1.91. The fraction of sp³-hybridized carbons (Fsp3) is 0.500. The Balaban J connectivity index is 1.83. The number of carbonyl (C=O) groups is 2. The van der Waals surface area contributed by atoms with Crippen LogP contribution in [0.1, 0.15) is 18.5 Å². The van der Waals surface area contributed by atoms with Gasteiger partial charge in [0.25, 0.3) is 0 Å². The molecule has 5 heteroatoms. The maximum Gasteiger partial charge on any atom is 0.228 e. The van der Waals surface area contributed by atoms with E-state index >= 15 is 0 Å². The zero-order chi connectivity index (χ0) is 13.7. The van der Waals surface area contributed by atoms with Crippen molar-refractivity contribution in [1.29, 1.82) is 0 Å². The fourth-order valence-corrected chi connectivity index (χ4v) is 2.36. The molecule has 2 amide bonds. The standard InChI is InChI=1S/C14H19N3O2/c1-15-13(18)8-11-5-7-17(10-11)14(19)9-12-4-2-3-6-16-12/h2-4,6,11H,5,7-10H2,1H3,(H,15,18)/t11-/m0/s1. The van der Waals surface area contributed by atoms with E-state index in [-0.39, 0.29) is 17.7 Å². The lowest BCUT2D eigenvalue weighted by molar-refractivity contribution is -0.130. The van der Waals surface area contributed by atoms with Crippen LogP contribution in [-0.4, -0.2) is 41.8 Å². The molecule has 1 fully saturated rings. The highest BCUT2D eigenvalue weighted by atomic mass is 16.2. The number of carbonyl (C=O) groups excluding carboxylic acids is 2. The maximum absolute atomic E-state index is 12.1. The first-order valence-electron chi connectivity index (χ1n) is 6.57. The largest absolute Gasteiger partial charge is 0.359 e. The molecule has 0 aromatic carbocycles. The SMILES string of the molecule is CNC(=O)C[C@@H]1CCN(C(=O)Cc2ccccn2)C1. The van der Waals surface area contributed by atoms with Crippen molar-refractivity contribution in [1.82, 2.24) is 15.2 Å². The van der Waals surface area contributed by atoms with Gasteiger partial charge in [-0.25, -0.2) is 0 Å². The van der Waals surface area contributed by atoms with Crippen molar-refractivity contribution in [2.24, 2.45) is 5.92 Å². The highest BCUT2D eigenvalue weighted by Gasteiger charge is 2.27. The van der Waals surface area contributed by atoms with Crippen LogP contribution in [0, 0.1) is 5.92 Å². The summed E-state index contributed by atoms with van der Waals surface area (Å²) in [7, 11) is 1.64. The topological polar surface area (TPSA) is 62.3 Å².